The van der Waals surface area contributed by atoms with Gasteiger partial charge in [-0.25, -0.2) is 0 Å². The van der Waals surface area contributed by atoms with Gasteiger partial charge in [0.1, 0.15) is 5.75 Å². The molecule has 0 N–H and O–H groups in total. The van der Waals surface area contributed by atoms with Crippen LogP contribution in [0.4, 0.5) is 0 Å². The van der Waals surface area contributed by atoms with Gasteiger partial charge in [0.25, 0.3) is 0 Å². The summed E-state index contributed by atoms with van der Waals surface area (Å²) in [4.78, 5) is 0. The van der Waals surface area contributed by atoms with Gasteiger partial charge in [0, 0.05) is 5.56 Å². The molecular weight excluding hydrogens is 288 g/mol. The van der Waals surface area contributed by atoms with Crippen molar-refractivity contribution < 1.29 is 9.15 Å². The minimum absolute atomic E-state index is 0.537. The second-order valence-electron chi connectivity index (χ2n) is 5.75. The topological polar surface area (TPSA) is 48.2 Å². The molecule has 1 heterocycles. The minimum Gasteiger partial charge on any atom is -0.493 e. The maximum Gasteiger partial charge on any atom is 0.247 e. The van der Waals surface area contributed by atoms with E-state index >= 15 is 0 Å². The van der Waals surface area contributed by atoms with Crippen molar-refractivity contribution in [3.63, 3.8) is 0 Å². The summed E-state index contributed by atoms with van der Waals surface area (Å²) < 4.78 is 11.5. The summed E-state index contributed by atoms with van der Waals surface area (Å²) in [5.74, 6) is 2.08. The van der Waals surface area contributed by atoms with Crippen molar-refractivity contribution in [3.05, 3.63) is 65.5 Å². The molecule has 1 aliphatic carbocycles. The largest absolute Gasteiger partial charge is 0.493 e. The van der Waals surface area contributed by atoms with Gasteiger partial charge in [0.15, 0.2) is 0 Å². The number of aryl methyl sites for hydroxylation is 2. The Kier molecular flexibility index (Phi) is 3.80. The summed E-state index contributed by atoms with van der Waals surface area (Å²) in [5.41, 5.74) is 3.82. The van der Waals surface area contributed by atoms with Gasteiger partial charge in [-0.3, -0.25) is 0 Å². The predicted octanol–water partition coefficient (Wildman–Crippen LogP) is 3.85. The van der Waals surface area contributed by atoms with Crippen LogP contribution in [0.15, 0.2) is 52.9 Å². The van der Waals surface area contributed by atoms with Crippen LogP contribution in [0.5, 0.6) is 5.75 Å². The first-order chi connectivity index (χ1) is 11.4. The van der Waals surface area contributed by atoms with E-state index < -0.39 is 0 Å². The number of ether oxygens (including phenoxy) is 1. The van der Waals surface area contributed by atoms with E-state index in [1.807, 2.05) is 36.4 Å². The van der Waals surface area contributed by atoms with Crippen LogP contribution in [0.2, 0.25) is 0 Å². The lowest BCUT2D eigenvalue weighted by Gasteiger charge is -2.06. The Morgan fingerprint density at radius 1 is 0.957 bits per heavy atom. The zero-order valence-electron chi connectivity index (χ0n) is 12.9. The minimum atomic E-state index is 0.537. The molecule has 1 aromatic heterocycles. The second kappa shape index (κ2) is 6.24. The summed E-state index contributed by atoms with van der Waals surface area (Å²) >= 11 is 0. The molecule has 23 heavy (non-hydrogen) atoms. The highest BCUT2D eigenvalue weighted by molar-refractivity contribution is 5.51. The lowest BCUT2D eigenvalue weighted by atomic mass is 10.1. The Morgan fingerprint density at radius 3 is 2.74 bits per heavy atom. The SMILES string of the molecule is c1ccc(-c2nnc(CCOc3ccc4c(c3)CCC4)o2)cc1. The van der Waals surface area contributed by atoms with Crippen molar-refractivity contribution in [1.29, 1.82) is 0 Å². The van der Waals surface area contributed by atoms with Crippen molar-refractivity contribution in [1.82, 2.24) is 10.2 Å². The Hall–Kier alpha value is -2.62. The van der Waals surface area contributed by atoms with Crippen molar-refractivity contribution in [2.45, 2.75) is 25.7 Å². The van der Waals surface area contributed by atoms with E-state index in [0.717, 1.165) is 17.7 Å². The van der Waals surface area contributed by atoms with Crippen LogP contribution < -0.4 is 4.74 Å². The maximum absolute atomic E-state index is 5.82. The second-order valence-corrected chi connectivity index (χ2v) is 5.75. The lowest BCUT2D eigenvalue weighted by molar-refractivity contribution is 0.306. The average Bonchev–Trinajstić information content (AvgIpc) is 3.24. The summed E-state index contributed by atoms with van der Waals surface area (Å²) in [6.07, 6.45) is 4.22. The average molecular weight is 306 g/mol. The summed E-state index contributed by atoms with van der Waals surface area (Å²) in [5, 5.41) is 8.17. The van der Waals surface area contributed by atoms with E-state index in [4.69, 9.17) is 9.15 Å². The number of fused-ring (bicyclic) bond motifs is 1. The molecule has 0 atom stereocenters. The van der Waals surface area contributed by atoms with Gasteiger partial charge in [-0.05, 0) is 54.7 Å². The molecular formula is C19H18N2O2. The third kappa shape index (κ3) is 3.11. The molecule has 3 aromatic rings. The Bertz CT molecular complexity index is 796. The first-order valence-electron chi connectivity index (χ1n) is 8.01. The highest BCUT2D eigenvalue weighted by atomic mass is 16.5. The highest BCUT2D eigenvalue weighted by Crippen LogP contribution is 2.26. The van der Waals surface area contributed by atoms with Crippen molar-refractivity contribution >= 4 is 0 Å². The molecule has 0 amide bonds. The fraction of sp³-hybridized carbons (Fsp3) is 0.263. The number of nitrogens with zero attached hydrogens (tertiary/aromatic N) is 2. The quantitative estimate of drug-likeness (QED) is 0.718. The number of hydrogen-bond acceptors (Lipinski definition) is 4. The van der Waals surface area contributed by atoms with Crippen LogP contribution in [-0.4, -0.2) is 16.8 Å². The highest BCUT2D eigenvalue weighted by Gasteiger charge is 2.12. The Balaban J connectivity index is 1.36. The normalized spacial score (nSPS) is 13.0. The van der Waals surface area contributed by atoms with E-state index in [1.165, 1.54) is 24.0 Å². The third-order valence-corrected chi connectivity index (χ3v) is 4.14. The van der Waals surface area contributed by atoms with E-state index in [0.29, 0.717) is 24.8 Å². The van der Waals surface area contributed by atoms with Gasteiger partial charge in [-0.1, -0.05) is 24.3 Å². The van der Waals surface area contributed by atoms with Gasteiger partial charge in [-0.15, -0.1) is 10.2 Å². The molecule has 4 rings (SSSR count). The zero-order valence-corrected chi connectivity index (χ0v) is 12.9. The monoisotopic (exact) mass is 306 g/mol. The van der Waals surface area contributed by atoms with Gasteiger partial charge in [0.2, 0.25) is 11.8 Å². The number of hydrogen-bond donors (Lipinski definition) is 0. The molecule has 4 nitrogen and oxygen atoms in total. The predicted molar refractivity (Wildman–Crippen MR) is 87.4 cm³/mol. The van der Waals surface area contributed by atoms with Gasteiger partial charge >= 0.3 is 0 Å². The van der Waals surface area contributed by atoms with Crippen LogP contribution in [0.3, 0.4) is 0 Å². The number of aromatic nitrogens is 2. The number of rotatable bonds is 5. The maximum atomic E-state index is 5.82. The molecule has 0 bridgehead atoms. The smallest absolute Gasteiger partial charge is 0.247 e. The molecule has 0 spiro atoms. The van der Waals surface area contributed by atoms with E-state index in [9.17, 15) is 0 Å². The van der Waals surface area contributed by atoms with Gasteiger partial charge < -0.3 is 9.15 Å². The molecule has 1 aliphatic rings. The molecule has 0 radical (unpaired) electrons. The van der Waals surface area contributed by atoms with Crippen LogP contribution in [-0.2, 0) is 19.3 Å². The molecule has 0 aliphatic heterocycles. The van der Waals surface area contributed by atoms with Crippen LogP contribution >= 0.6 is 0 Å². The lowest BCUT2D eigenvalue weighted by Crippen LogP contribution is -2.02. The Labute approximate surface area is 135 Å². The molecule has 116 valence electrons. The van der Waals surface area contributed by atoms with Crippen LogP contribution in [0.1, 0.15) is 23.4 Å². The first-order valence-corrected chi connectivity index (χ1v) is 8.01. The van der Waals surface area contributed by atoms with Crippen molar-refractivity contribution in [3.8, 4) is 17.2 Å². The van der Waals surface area contributed by atoms with E-state index in [-0.39, 0.29) is 0 Å². The molecule has 0 saturated carbocycles. The van der Waals surface area contributed by atoms with Crippen LogP contribution in [0.25, 0.3) is 11.5 Å². The van der Waals surface area contributed by atoms with Crippen LogP contribution in [0, 0.1) is 0 Å². The number of benzene rings is 2. The molecule has 4 heteroatoms. The molecule has 2 aromatic carbocycles. The fourth-order valence-corrected chi connectivity index (χ4v) is 2.95. The standard InChI is InChI=1S/C19H18N2O2/c1-2-5-15(6-3-1)19-21-20-18(23-19)11-12-22-17-10-9-14-7-4-8-16(14)13-17/h1-3,5-6,9-10,13H,4,7-8,11-12H2. The van der Waals surface area contributed by atoms with E-state index in [1.54, 1.807) is 0 Å². The van der Waals surface area contributed by atoms with E-state index in [2.05, 4.69) is 22.3 Å². The summed E-state index contributed by atoms with van der Waals surface area (Å²) in [7, 11) is 0. The van der Waals surface area contributed by atoms with Crippen molar-refractivity contribution in [2.75, 3.05) is 6.61 Å². The molecule has 0 fully saturated rings. The van der Waals surface area contributed by atoms with Gasteiger partial charge in [-0.2, -0.15) is 0 Å². The summed E-state index contributed by atoms with van der Waals surface area (Å²) in [6, 6.07) is 16.2. The zero-order chi connectivity index (χ0) is 15.5. The fourth-order valence-electron chi connectivity index (χ4n) is 2.95. The first kappa shape index (κ1) is 14.0. The third-order valence-electron chi connectivity index (χ3n) is 4.14. The summed E-state index contributed by atoms with van der Waals surface area (Å²) in [6.45, 7) is 0.537. The Morgan fingerprint density at radius 2 is 1.83 bits per heavy atom. The van der Waals surface area contributed by atoms with Gasteiger partial charge in [0.05, 0.1) is 13.0 Å². The van der Waals surface area contributed by atoms with Crippen molar-refractivity contribution in [2.24, 2.45) is 0 Å². The molecule has 0 saturated heterocycles. The molecule has 0 unspecified atom stereocenters.